The van der Waals surface area contributed by atoms with Gasteiger partial charge in [0, 0.05) is 17.0 Å². The minimum Gasteiger partial charge on any atom is -0.440 e. The van der Waals surface area contributed by atoms with Crippen molar-refractivity contribution in [1.82, 2.24) is 0 Å². The molecule has 0 saturated carbocycles. The largest absolute Gasteiger partial charge is 0.440 e. The molecule has 6 nitrogen and oxygen atoms in total. The van der Waals surface area contributed by atoms with Gasteiger partial charge in [-0.15, -0.1) is 0 Å². The lowest BCUT2D eigenvalue weighted by Crippen LogP contribution is -2.22. The smallest absolute Gasteiger partial charge is 0.281 e. The molecule has 0 spiro atoms. The van der Waals surface area contributed by atoms with Crippen molar-refractivity contribution in [1.29, 1.82) is 5.41 Å². The third-order valence-electron chi connectivity index (χ3n) is 7.96. The second kappa shape index (κ2) is 14.6. The molecule has 6 heteroatoms. The summed E-state index contributed by atoms with van der Waals surface area (Å²) >= 11 is 0. The van der Waals surface area contributed by atoms with E-state index in [0.29, 0.717) is 41.3 Å². The number of carbonyl (C=O) groups excluding carboxylic acids is 1. The molecule has 234 valence electrons. The normalized spacial score (nSPS) is 16.5. The number of rotatable bonds is 11. The van der Waals surface area contributed by atoms with Crippen molar-refractivity contribution >= 4 is 40.0 Å². The van der Waals surface area contributed by atoms with Gasteiger partial charge >= 0.3 is 0 Å². The first-order valence-corrected chi connectivity index (χ1v) is 16.2. The monoisotopic (exact) mass is 618 g/mol. The number of hydrogen-bond acceptors (Lipinski definition) is 5. The molecule has 4 aromatic carbocycles. The Hall–Kier alpha value is -5.75. The van der Waals surface area contributed by atoms with E-state index in [4.69, 9.17) is 9.84 Å². The highest BCUT2D eigenvalue weighted by Gasteiger charge is 2.34. The highest BCUT2D eigenvalue weighted by molar-refractivity contribution is 6.35. The van der Waals surface area contributed by atoms with Gasteiger partial charge in [0.1, 0.15) is 5.76 Å². The number of nitrogens with zero attached hydrogens (tertiary/aromatic N) is 2. The summed E-state index contributed by atoms with van der Waals surface area (Å²) in [7, 11) is 0. The van der Waals surface area contributed by atoms with E-state index in [0.717, 1.165) is 52.2 Å². The predicted octanol–water partition coefficient (Wildman–Crippen LogP) is 9.78. The average Bonchev–Trinajstić information content (AvgIpc) is 3.43. The number of hydrogen-bond donors (Lipinski definition) is 2. The van der Waals surface area contributed by atoms with Crippen LogP contribution in [0.3, 0.4) is 0 Å². The minimum absolute atomic E-state index is 0.175. The van der Waals surface area contributed by atoms with Gasteiger partial charge < -0.3 is 15.5 Å². The summed E-state index contributed by atoms with van der Waals surface area (Å²) in [5.74, 6) is 0.948. The van der Waals surface area contributed by atoms with Crippen LogP contribution in [0.4, 0.5) is 11.4 Å². The highest BCUT2D eigenvalue weighted by Crippen LogP contribution is 2.38. The first-order valence-electron chi connectivity index (χ1n) is 16.2. The van der Waals surface area contributed by atoms with Crippen LogP contribution in [0.15, 0.2) is 161 Å². The Morgan fingerprint density at radius 3 is 2.09 bits per heavy atom. The third-order valence-corrected chi connectivity index (χ3v) is 7.96. The number of amides is 1. The van der Waals surface area contributed by atoms with Crippen molar-refractivity contribution in [2.45, 2.75) is 39.5 Å². The van der Waals surface area contributed by atoms with Gasteiger partial charge in [-0.05, 0) is 66.0 Å². The van der Waals surface area contributed by atoms with Crippen LogP contribution in [0.1, 0.15) is 50.7 Å². The van der Waals surface area contributed by atoms with Gasteiger partial charge in [-0.1, -0.05) is 124 Å². The maximum atomic E-state index is 14.4. The summed E-state index contributed by atoms with van der Waals surface area (Å²) in [6.45, 7) is 4.16. The second-order valence-electron chi connectivity index (χ2n) is 11.4. The van der Waals surface area contributed by atoms with E-state index < -0.39 is 0 Å². The lowest BCUT2D eigenvalue weighted by molar-refractivity contribution is -0.114. The molecular formula is C41H38N4O2. The van der Waals surface area contributed by atoms with E-state index in [1.807, 2.05) is 133 Å². The van der Waals surface area contributed by atoms with E-state index in [1.54, 1.807) is 0 Å². The zero-order chi connectivity index (χ0) is 32.6. The van der Waals surface area contributed by atoms with Crippen molar-refractivity contribution in [3.8, 4) is 0 Å². The molecule has 47 heavy (non-hydrogen) atoms. The molecule has 2 N–H and O–H groups in total. The standard InChI is InChI=1S/C41H38N4O2/c1-3-17-35(42)38-31(28-37(30-21-11-6-12-22-30)47-40(38)43-32-23-13-7-14-24-32)27-34(29-19-9-5-10-20-29)39-36(18-4-2)44-45(41(39)46)33-25-15-8-16-26-33/h5-16,19-28,42-43H,3-4,17-18H2,1-2H3/b31-27+,39-34+,42-35?. The van der Waals surface area contributed by atoms with Crippen molar-refractivity contribution in [3.05, 3.63) is 167 Å². The maximum absolute atomic E-state index is 14.4. The molecular weight excluding hydrogens is 580 g/mol. The Balaban J connectivity index is 1.61. The molecule has 0 atom stereocenters. The van der Waals surface area contributed by atoms with E-state index in [2.05, 4.69) is 19.2 Å². The summed E-state index contributed by atoms with van der Waals surface area (Å²) in [4.78, 5) is 14.4. The van der Waals surface area contributed by atoms with Crippen molar-refractivity contribution < 1.29 is 9.53 Å². The van der Waals surface area contributed by atoms with Crippen LogP contribution in [-0.4, -0.2) is 17.3 Å². The Morgan fingerprint density at radius 1 is 0.830 bits per heavy atom. The number of hydrazone groups is 1. The second-order valence-corrected chi connectivity index (χ2v) is 11.4. The van der Waals surface area contributed by atoms with Crippen LogP contribution < -0.4 is 10.3 Å². The quantitative estimate of drug-likeness (QED) is 0.130. The van der Waals surface area contributed by atoms with Crippen LogP contribution in [-0.2, 0) is 9.53 Å². The molecule has 0 radical (unpaired) electrons. The fourth-order valence-electron chi connectivity index (χ4n) is 5.77. The molecule has 0 fully saturated rings. The van der Waals surface area contributed by atoms with Gasteiger partial charge in [0.2, 0.25) is 5.88 Å². The summed E-state index contributed by atoms with van der Waals surface area (Å²) < 4.78 is 6.59. The number of ether oxygens (including phenoxy) is 1. The number of allylic oxidation sites excluding steroid dienone is 5. The predicted molar refractivity (Wildman–Crippen MR) is 193 cm³/mol. The van der Waals surface area contributed by atoms with Gasteiger partial charge in [0.25, 0.3) is 5.91 Å². The van der Waals surface area contributed by atoms with Gasteiger partial charge in [-0.3, -0.25) is 4.79 Å². The van der Waals surface area contributed by atoms with Crippen LogP contribution >= 0.6 is 0 Å². The van der Waals surface area contributed by atoms with Gasteiger partial charge in [0.15, 0.2) is 0 Å². The fourth-order valence-corrected chi connectivity index (χ4v) is 5.77. The summed E-state index contributed by atoms with van der Waals surface area (Å²) in [6.07, 6.45) is 6.87. The molecule has 0 aromatic heterocycles. The lowest BCUT2D eigenvalue weighted by atomic mass is 9.88. The fraction of sp³-hybridized carbons (Fsp3) is 0.146. The van der Waals surface area contributed by atoms with Crippen LogP contribution in [0.5, 0.6) is 0 Å². The molecule has 1 amide bonds. The number of nitrogens with one attached hydrogen (secondary N) is 2. The molecule has 0 bridgehead atoms. The van der Waals surface area contributed by atoms with Crippen LogP contribution in [0.2, 0.25) is 0 Å². The van der Waals surface area contributed by atoms with E-state index in [1.165, 1.54) is 5.01 Å². The Morgan fingerprint density at radius 2 is 1.45 bits per heavy atom. The highest BCUT2D eigenvalue weighted by atomic mass is 16.5. The first-order chi connectivity index (χ1) is 23.1. The Bertz CT molecular complexity index is 1910. The van der Waals surface area contributed by atoms with Gasteiger partial charge in [0.05, 0.1) is 22.5 Å². The molecule has 4 aromatic rings. The maximum Gasteiger partial charge on any atom is 0.281 e. The minimum atomic E-state index is -0.175. The van der Waals surface area contributed by atoms with Crippen molar-refractivity contribution in [3.63, 3.8) is 0 Å². The van der Waals surface area contributed by atoms with Crippen molar-refractivity contribution in [2.24, 2.45) is 5.10 Å². The summed E-state index contributed by atoms with van der Waals surface area (Å²) in [6, 6.07) is 39.3. The third kappa shape index (κ3) is 6.92. The molecule has 2 aliphatic heterocycles. The van der Waals surface area contributed by atoms with E-state index >= 15 is 0 Å². The number of anilines is 2. The Labute approximate surface area is 276 Å². The number of para-hydroxylation sites is 2. The topological polar surface area (TPSA) is 77.8 Å². The first kappa shape index (κ1) is 31.2. The molecule has 0 unspecified atom stereocenters. The lowest BCUT2D eigenvalue weighted by Gasteiger charge is -2.26. The van der Waals surface area contributed by atoms with Crippen LogP contribution in [0.25, 0.3) is 11.3 Å². The van der Waals surface area contributed by atoms with E-state index in [9.17, 15) is 10.2 Å². The Kier molecular flexibility index (Phi) is 9.68. The molecule has 0 saturated heterocycles. The SMILES string of the molecule is CCCC(=N)C1=C(Nc2ccccc2)OC(c2ccccc2)=C/C1=C\C(=C1/C(=O)N(c2ccccc2)N=C1CCC)c1ccccc1. The zero-order valence-electron chi connectivity index (χ0n) is 26.7. The van der Waals surface area contributed by atoms with Gasteiger partial charge in [-0.2, -0.15) is 10.1 Å². The molecule has 0 aliphatic carbocycles. The van der Waals surface area contributed by atoms with Crippen molar-refractivity contribution in [2.75, 3.05) is 10.3 Å². The summed E-state index contributed by atoms with van der Waals surface area (Å²) in [5.41, 5.74) is 7.31. The number of carbonyl (C=O) groups is 1. The van der Waals surface area contributed by atoms with E-state index in [-0.39, 0.29) is 5.91 Å². The van der Waals surface area contributed by atoms with Gasteiger partial charge in [-0.25, -0.2) is 0 Å². The summed E-state index contributed by atoms with van der Waals surface area (Å²) in [5, 5.41) is 19.1. The van der Waals surface area contributed by atoms with Crippen LogP contribution in [0, 0.1) is 5.41 Å². The zero-order valence-corrected chi connectivity index (χ0v) is 26.7. The number of benzene rings is 4. The molecule has 6 rings (SSSR count). The molecule has 2 heterocycles. The molecule has 2 aliphatic rings. The average molecular weight is 619 g/mol.